The van der Waals surface area contributed by atoms with E-state index in [0.717, 1.165) is 23.3 Å². The fourth-order valence-corrected chi connectivity index (χ4v) is 2.87. The third kappa shape index (κ3) is 5.04. The maximum Gasteiger partial charge on any atom is 0.416 e. The Morgan fingerprint density at radius 1 is 0.889 bits per heavy atom. The number of hydrogen-bond acceptors (Lipinski definition) is 2. The van der Waals surface area contributed by atoms with Crippen LogP contribution in [0.3, 0.4) is 0 Å². The van der Waals surface area contributed by atoms with Crippen LogP contribution >= 0.6 is 12.2 Å². The molecule has 3 nitrogen and oxygen atoms in total. The monoisotopic (exact) mass is 387 g/mol. The highest BCUT2D eigenvalue weighted by molar-refractivity contribution is 7.80. The fraction of sp³-hybridized carbons (Fsp3) is 0.100. The summed E-state index contributed by atoms with van der Waals surface area (Å²) in [4.78, 5) is 4.02. The fourth-order valence-electron chi connectivity index (χ4n) is 2.63. The number of nitrogens with one attached hydrogen (secondary N) is 2. The molecule has 0 aliphatic carbocycles. The average molecular weight is 387 g/mol. The molecule has 0 bridgehead atoms. The minimum atomic E-state index is -4.41. The van der Waals surface area contributed by atoms with Gasteiger partial charge in [-0.25, -0.2) is 0 Å². The molecule has 3 rings (SSSR count). The van der Waals surface area contributed by atoms with Gasteiger partial charge in [-0.3, -0.25) is 4.98 Å². The van der Waals surface area contributed by atoms with Gasteiger partial charge in [0.15, 0.2) is 5.11 Å². The lowest BCUT2D eigenvalue weighted by Crippen LogP contribution is -2.33. The normalized spacial score (nSPS) is 12.3. The van der Waals surface area contributed by atoms with Gasteiger partial charge in [0.05, 0.1) is 11.6 Å². The van der Waals surface area contributed by atoms with E-state index in [-0.39, 0.29) is 16.8 Å². The highest BCUT2D eigenvalue weighted by Crippen LogP contribution is 2.30. The van der Waals surface area contributed by atoms with Gasteiger partial charge in [0.2, 0.25) is 0 Å². The van der Waals surface area contributed by atoms with E-state index in [1.54, 1.807) is 12.4 Å². The van der Waals surface area contributed by atoms with E-state index >= 15 is 0 Å². The van der Waals surface area contributed by atoms with Crippen molar-refractivity contribution in [1.82, 2.24) is 10.3 Å². The van der Waals surface area contributed by atoms with Crippen LogP contribution in [-0.2, 0) is 6.18 Å². The van der Waals surface area contributed by atoms with Crippen molar-refractivity contribution in [3.05, 3.63) is 95.8 Å². The van der Waals surface area contributed by atoms with E-state index in [9.17, 15) is 13.2 Å². The first kappa shape index (κ1) is 18.8. The predicted octanol–water partition coefficient (Wildman–Crippen LogP) is 5.18. The van der Waals surface area contributed by atoms with E-state index in [1.807, 2.05) is 42.5 Å². The first-order valence-corrected chi connectivity index (χ1v) is 8.54. The summed E-state index contributed by atoms with van der Waals surface area (Å²) in [6, 6.07) is 18.0. The van der Waals surface area contributed by atoms with Gasteiger partial charge in [-0.2, -0.15) is 13.2 Å². The zero-order valence-corrected chi connectivity index (χ0v) is 14.9. The summed E-state index contributed by atoms with van der Waals surface area (Å²) in [5.41, 5.74) is 1.44. The molecule has 2 aromatic carbocycles. The largest absolute Gasteiger partial charge is 0.416 e. The van der Waals surface area contributed by atoms with Gasteiger partial charge in [0.25, 0.3) is 0 Å². The van der Waals surface area contributed by atoms with Crippen LogP contribution < -0.4 is 10.6 Å². The zero-order valence-electron chi connectivity index (χ0n) is 14.1. The molecule has 1 aromatic heterocycles. The minimum Gasteiger partial charge on any atom is -0.352 e. The maximum atomic E-state index is 12.9. The standard InChI is InChI=1S/C20H16F3N3S/c21-20(22,23)16-7-4-8-17(13-16)25-19(27)26-18(14-5-2-1-3-6-14)15-9-11-24-12-10-15/h1-13,18H,(H2,25,26,27)/t18-/m0/s1. The molecule has 1 heterocycles. The van der Waals surface area contributed by atoms with Crippen LogP contribution in [0.25, 0.3) is 0 Å². The van der Waals surface area contributed by atoms with Crippen LogP contribution in [0.5, 0.6) is 0 Å². The zero-order chi connectivity index (χ0) is 19.3. The maximum absolute atomic E-state index is 12.9. The third-order valence-electron chi connectivity index (χ3n) is 3.90. The van der Waals surface area contributed by atoms with Crippen molar-refractivity contribution in [2.45, 2.75) is 12.2 Å². The van der Waals surface area contributed by atoms with Crippen molar-refractivity contribution in [2.24, 2.45) is 0 Å². The molecular formula is C20H16F3N3S. The Bertz CT molecular complexity index is 860. The summed E-state index contributed by atoms with van der Waals surface area (Å²) in [5.74, 6) is 0. The van der Waals surface area contributed by atoms with Crippen LogP contribution in [-0.4, -0.2) is 10.1 Å². The molecule has 0 spiro atoms. The number of nitrogens with zero attached hydrogens (tertiary/aromatic N) is 1. The van der Waals surface area contributed by atoms with Gasteiger partial charge in [0.1, 0.15) is 0 Å². The van der Waals surface area contributed by atoms with Gasteiger partial charge in [-0.1, -0.05) is 36.4 Å². The van der Waals surface area contributed by atoms with Gasteiger partial charge in [0, 0.05) is 18.1 Å². The minimum absolute atomic E-state index is 0.222. The lowest BCUT2D eigenvalue weighted by atomic mass is 10.00. The van der Waals surface area contributed by atoms with E-state index in [4.69, 9.17) is 12.2 Å². The van der Waals surface area contributed by atoms with E-state index in [0.29, 0.717) is 0 Å². The van der Waals surface area contributed by atoms with Crippen molar-refractivity contribution < 1.29 is 13.2 Å². The van der Waals surface area contributed by atoms with E-state index in [2.05, 4.69) is 15.6 Å². The first-order chi connectivity index (χ1) is 12.9. The molecule has 2 N–H and O–H groups in total. The molecule has 1 atom stereocenters. The molecule has 0 aliphatic rings. The summed E-state index contributed by atoms with van der Waals surface area (Å²) < 4.78 is 38.6. The number of halogens is 3. The number of alkyl halides is 3. The highest BCUT2D eigenvalue weighted by Gasteiger charge is 2.30. The smallest absolute Gasteiger partial charge is 0.352 e. The number of pyridine rings is 1. The van der Waals surface area contributed by atoms with E-state index < -0.39 is 11.7 Å². The number of benzene rings is 2. The Kier molecular flexibility index (Phi) is 5.71. The Balaban J connectivity index is 1.80. The second-order valence-corrected chi connectivity index (χ2v) is 6.21. The Morgan fingerprint density at radius 2 is 1.56 bits per heavy atom. The Hall–Kier alpha value is -2.93. The van der Waals surface area contributed by atoms with Crippen LogP contribution in [0.4, 0.5) is 18.9 Å². The molecule has 0 saturated carbocycles. The number of rotatable bonds is 4. The molecular weight excluding hydrogens is 371 g/mol. The summed E-state index contributed by atoms with van der Waals surface area (Å²) in [7, 11) is 0. The van der Waals surface area contributed by atoms with Crippen LogP contribution in [0.1, 0.15) is 22.7 Å². The molecule has 0 fully saturated rings. The van der Waals surface area contributed by atoms with Crippen molar-refractivity contribution in [3.63, 3.8) is 0 Å². The molecule has 7 heteroatoms. The number of aromatic nitrogens is 1. The van der Waals surface area contributed by atoms with Crippen LogP contribution in [0, 0.1) is 0 Å². The number of thiocarbonyl (C=S) groups is 1. The van der Waals surface area contributed by atoms with Crippen molar-refractivity contribution in [2.75, 3.05) is 5.32 Å². The predicted molar refractivity (Wildman–Crippen MR) is 103 cm³/mol. The lowest BCUT2D eigenvalue weighted by molar-refractivity contribution is -0.137. The second kappa shape index (κ2) is 8.18. The van der Waals surface area contributed by atoms with Crippen molar-refractivity contribution in [1.29, 1.82) is 0 Å². The van der Waals surface area contributed by atoms with Crippen LogP contribution in [0.15, 0.2) is 79.1 Å². The SMILES string of the molecule is FC(F)(F)c1cccc(NC(=S)N[C@@H](c2ccccc2)c2ccncc2)c1. The Labute approximate surface area is 160 Å². The molecule has 0 unspecified atom stereocenters. The molecule has 0 amide bonds. The topological polar surface area (TPSA) is 37.0 Å². The highest BCUT2D eigenvalue weighted by atomic mass is 32.1. The lowest BCUT2D eigenvalue weighted by Gasteiger charge is -2.22. The van der Waals surface area contributed by atoms with Crippen molar-refractivity contribution >= 4 is 23.0 Å². The molecule has 138 valence electrons. The van der Waals surface area contributed by atoms with E-state index in [1.165, 1.54) is 12.1 Å². The van der Waals surface area contributed by atoms with Gasteiger partial charge >= 0.3 is 6.18 Å². The molecule has 27 heavy (non-hydrogen) atoms. The van der Waals surface area contributed by atoms with Gasteiger partial charge in [-0.15, -0.1) is 0 Å². The summed E-state index contributed by atoms with van der Waals surface area (Å²) in [6.07, 6.45) is -1.05. The number of anilines is 1. The first-order valence-electron chi connectivity index (χ1n) is 8.13. The Morgan fingerprint density at radius 3 is 2.22 bits per heavy atom. The summed E-state index contributed by atoms with van der Waals surface area (Å²) in [6.45, 7) is 0. The molecule has 0 aliphatic heterocycles. The second-order valence-electron chi connectivity index (χ2n) is 5.80. The van der Waals surface area contributed by atoms with Crippen molar-refractivity contribution in [3.8, 4) is 0 Å². The third-order valence-corrected chi connectivity index (χ3v) is 4.12. The quantitative estimate of drug-likeness (QED) is 0.605. The summed E-state index contributed by atoms with van der Waals surface area (Å²) >= 11 is 5.33. The molecule has 0 radical (unpaired) electrons. The average Bonchev–Trinajstić information content (AvgIpc) is 2.67. The summed E-state index contributed by atoms with van der Waals surface area (Å²) in [5, 5.41) is 6.22. The molecule has 0 saturated heterocycles. The number of hydrogen-bond donors (Lipinski definition) is 2. The van der Waals surface area contributed by atoms with Gasteiger partial charge in [-0.05, 0) is 53.7 Å². The van der Waals surface area contributed by atoms with Gasteiger partial charge < -0.3 is 10.6 Å². The molecule has 3 aromatic rings. The van der Waals surface area contributed by atoms with Crippen LogP contribution in [0.2, 0.25) is 0 Å².